The largest absolute Gasteiger partial charge is 0.493 e. The van der Waals surface area contributed by atoms with Crippen LogP contribution in [-0.2, 0) is 29.1 Å². The average Bonchev–Trinajstić information content (AvgIpc) is 3.72. The maximum absolute atomic E-state index is 13.9. The lowest BCUT2D eigenvalue weighted by Gasteiger charge is -2.30. The maximum Gasteiger partial charge on any atom is 0.308 e. The Bertz CT molecular complexity index is 1310. The number of nitrogens with zero attached hydrogens (tertiary/aromatic N) is 4. The van der Waals surface area contributed by atoms with E-state index >= 15 is 0 Å². The second-order valence-corrected chi connectivity index (χ2v) is 10.8. The Morgan fingerprint density at radius 1 is 1.23 bits per heavy atom. The Kier molecular flexibility index (Phi) is 8.81. The number of carboxylic acids is 1. The van der Waals surface area contributed by atoms with Crippen molar-refractivity contribution in [2.75, 3.05) is 31.1 Å². The van der Waals surface area contributed by atoms with E-state index in [0.29, 0.717) is 39.2 Å². The van der Waals surface area contributed by atoms with E-state index in [-0.39, 0.29) is 24.4 Å². The Labute approximate surface area is 235 Å². The summed E-state index contributed by atoms with van der Waals surface area (Å²) in [5.74, 6) is -0.841. The summed E-state index contributed by atoms with van der Waals surface area (Å²) in [6.45, 7) is 5.05. The quantitative estimate of drug-likeness (QED) is 0.357. The third kappa shape index (κ3) is 6.05. The molecule has 3 heterocycles. The number of likely N-dealkylation sites (tertiary alicyclic amines) is 1. The standard InChI is InChI=1S/C31H39N5O4/c1-2-3-12-36(25-6-4-5-22(16-25)18-32)29(37)20-35-19-26(23-7-8-28-24(17-23)10-15-40-28)30(31(38)39)27(35)9-13-34-14-11-33-21-34/h4-8,11,14,16-17,21,26-27,30H,2-3,9-10,12-13,15,18-20,32H2,1H3,(H,38,39)/t26-,27+,30-/m1/s1. The van der Waals surface area contributed by atoms with Crippen LogP contribution in [0.15, 0.2) is 61.2 Å². The molecule has 2 aliphatic heterocycles. The van der Waals surface area contributed by atoms with Crippen LogP contribution in [0.4, 0.5) is 5.69 Å². The number of carbonyl (C=O) groups excluding carboxylic acids is 1. The van der Waals surface area contributed by atoms with E-state index in [1.54, 1.807) is 12.5 Å². The number of carbonyl (C=O) groups is 2. The van der Waals surface area contributed by atoms with Crippen molar-refractivity contribution < 1.29 is 19.4 Å². The van der Waals surface area contributed by atoms with Gasteiger partial charge in [-0.15, -0.1) is 0 Å². The van der Waals surface area contributed by atoms with Gasteiger partial charge in [0.2, 0.25) is 5.91 Å². The molecule has 0 unspecified atom stereocenters. The molecule has 0 spiro atoms. The Morgan fingerprint density at radius 2 is 2.10 bits per heavy atom. The summed E-state index contributed by atoms with van der Waals surface area (Å²) in [7, 11) is 0. The van der Waals surface area contributed by atoms with Crippen LogP contribution in [0.25, 0.3) is 0 Å². The normalized spacial score (nSPS) is 20.3. The highest BCUT2D eigenvalue weighted by molar-refractivity contribution is 5.95. The Morgan fingerprint density at radius 3 is 2.85 bits per heavy atom. The molecule has 1 amide bonds. The smallest absolute Gasteiger partial charge is 0.308 e. The monoisotopic (exact) mass is 545 g/mol. The van der Waals surface area contributed by atoms with E-state index in [9.17, 15) is 14.7 Å². The van der Waals surface area contributed by atoms with Crippen LogP contribution in [0.5, 0.6) is 5.75 Å². The minimum Gasteiger partial charge on any atom is -0.493 e. The number of hydrogen-bond acceptors (Lipinski definition) is 6. The fourth-order valence-corrected chi connectivity index (χ4v) is 6.15. The number of rotatable bonds is 12. The van der Waals surface area contributed by atoms with Crippen molar-refractivity contribution in [1.82, 2.24) is 14.5 Å². The SMILES string of the molecule is CCCCN(C(=O)CN1C[C@H](c2ccc3c(c2)CCO3)[C@@H](C(=O)O)[C@@H]1CCn1ccnc1)c1cccc(CN)c1. The van der Waals surface area contributed by atoms with E-state index in [1.165, 1.54) is 0 Å². The van der Waals surface area contributed by atoms with Crippen molar-refractivity contribution in [3.63, 3.8) is 0 Å². The Balaban J connectivity index is 1.43. The Hall–Kier alpha value is -3.69. The predicted octanol–water partition coefficient (Wildman–Crippen LogP) is 3.67. The van der Waals surface area contributed by atoms with E-state index in [0.717, 1.165) is 47.4 Å². The number of anilines is 1. The van der Waals surface area contributed by atoms with Crippen molar-refractivity contribution in [1.29, 1.82) is 0 Å². The summed E-state index contributed by atoms with van der Waals surface area (Å²) in [5, 5.41) is 10.5. The summed E-state index contributed by atoms with van der Waals surface area (Å²) in [5.41, 5.74) is 9.81. The van der Waals surface area contributed by atoms with Gasteiger partial charge in [0, 0.05) is 62.6 Å². The van der Waals surface area contributed by atoms with Crippen LogP contribution < -0.4 is 15.4 Å². The number of aliphatic carboxylic acids is 1. The number of amides is 1. The molecule has 40 heavy (non-hydrogen) atoms. The van der Waals surface area contributed by atoms with Crippen LogP contribution in [0.2, 0.25) is 0 Å². The van der Waals surface area contributed by atoms with Crippen molar-refractivity contribution in [3.8, 4) is 5.75 Å². The number of hydrogen-bond donors (Lipinski definition) is 2. The first-order valence-electron chi connectivity index (χ1n) is 14.3. The van der Waals surface area contributed by atoms with Gasteiger partial charge in [-0.2, -0.15) is 0 Å². The minimum atomic E-state index is -0.828. The molecular weight excluding hydrogens is 506 g/mol. The lowest BCUT2D eigenvalue weighted by atomic mass is 9.83. The number of nitrogens with two attached hydrogens (primary N) is 1. The predicted molar refractivity (Wildman–Crippen MR) is 153 cm³/mol. The highest BCUT2D eigenvalue weighted by Crippen LogP contribution is 2.41. The molecular formula is C31H39N5O4. The zero-order chi connectivity index (χ0) is 28.1. The molecule has 0 aliphatic carbocycles. The molecule has 0 saturated carbocycles. The number of unbranched alkanes of at least 4 members (excludes halogenated alkanes) is 1. The number of ether oxygens (including phenoxy) is 1. The van der Waals surface area contributed by atoms with E-state index in [1.807, 2.05) is 52.1 Å². The van der Waals surface area contributed by atoms with Crippen LogP contribution >= 0.6 is 0 Å². The van der Waals surface area contributed by atoms with E-state index in [2.05, 4.69) is 22.9 Å². The molecule has 3 aromatic rings. The molecule has 1 fully saturated rings. The first-order chi connectivity index (χ1) is 19.5. The number of aryl methyl sites for hydroxylation is 1. The summed E-state index contributed by atoms with van der Waals surface area (Å²) in [6.07, 6.45) is 8.62. The second-order valence-electron chi connectivity index (χ2n) is 10.8. The van der Waals surface area contributed by atoms with Gasteiger partial charge in [0.15, 0.2) is 0 Å². The van der Waals surface area contributed by atoms with E-state index in [4.69, 9.17) is 10.5 Å². The topological polar surface area (TPSA) is 114 Å². The van der Waals surface area contributed by atoms with E-state index < -0.39 is 11.9 Å². The van der Waals surface area contributed by atoms with Crippen molar-refractivity contribution >= 4 is 17.6 Å². The van der Waals surface area contributed by atoms with Crippen LogP contribution in [0, 0.1) is 5.92 Å². The molecule has 2 aliphatic rings. The third-order valence-corrected chi connectivity index (χ3v) is 8.25. The van der Waals surface area contributed by atoms with Gasteiger partial charge in [-0.3, -0.25) is 14.5 Å². The summed E-state index contributed by atoms with van der Waals surface area (Å²) in [4.78, 5) is 34.8. The second kappa shape index (κ2) is 12.7. The molecule has 9 heteroatoms. The molecule has 2 aromatic carbocycles. The van der Waals surface area contributed by atoms with Crippen molar-refractivity contribution in [3.05, 3.63) is 77.9 Å². The van der Waals surface area contributed by atoms with Crippen LogP contribution in [-0.4, -0.2) is 63.7 Å². The van der Waals surface area contributed by atoms with Gasteiger partial charge in [0.05, 0.1) is 25.4 Å². The van der Waals surface area contributed by atoms with Crippen LogP contribution in [0.3, 0.4) is 0 Å². The molecule has 3 atom stereocenters. The number of carboxylic acid groups (broad SMARTS) is 1. The molecule has 0 radical (unpaired) electrons. The average molecular weight is 546 g/mol. The van der Waals surface area contributed by atoms with Crippen molar-refractivity contribution in [2.45, 2.75) is 57.7 Å². The van der Waals surface area contributed by atoms with Crippen LogP contribution in [0.1, 0.15) is 48.8 Å². The molecule has 9 nitrogen and oxygen atoms in total. The van der Waals surface area contributed by atoms with Gasteiger partial charge in [0.1, 0.15) is 5.75 Å². The van der Waals surface area contributed by atoms with Gasteiger partial charge in [-0.25, -0.2) is 4.98 Å². The third-order valence-electron chi connectivity index (χ3n) is 8.25. The highest BCUT2D eigenvalue weighted by Gasteiger charge is 2.47. The first kappa shape index (κ1) is 27.9. The molecule has 5 rings (SSSR count). The molecule has 3 N–H and O–H groups in total. The zero-order valence-electron chi connectivity index (χ0n) is 23.1. The number of aromatic nitrogens is 2. The van der Waals surface area contributed by atoms with Gasteiger partial charge >= 0.3 is 5.97 Å². The number of benzene rings is 2. The minimum absolute atomic E-state index is 0.0256. The lowest BCUT2D eigenvalue weighted by Crippen LogP contribution is -2.45. The number of fused-ring (bicyclic) bond motifs is 1. The molecule has 1 saturated heterocycles. The van der Waals surface area contributed by atoms with Gasteiger partial charge in [-0.05, 0) is 47.7 Å². The fraction of sp³-hybridized carbons (Fsp3) is 0.452. The van der Waals surface area contributed by atoms with Gasteiger partial charge < -0.3 is 25.0 Å². The highest BCUT2D eigenvalue weighted by atomic mass is 16.5. The van der Waals surface area contributed by atoms with Gasteiger partial charge in [-0.1, -0.05) is 37.6 Å². The van der Waals surface area contributed by atoms with Crippen molar-refractivity contribution in [2.24, 2.45) is 11.7 Å². The molecule has 1 aromatic heterocycles. The zero-order valence-corrected chi connectivity index (χ0v) is 23.1. The summed E-state index contributed by atoms with van der Waals surface area (Å²) < 4.78 is 7.65. The maximum atomic E-state index is 13.9. The first-order valence-corrected chi connectivity index (χ1v) is 14.3. The summed E-state index contributed by atoms with van der Waals surface area (Å²) in [6, 6.07) is 13.6. The fourth-order valence-electron chi connectivity index (χ4n) is 6.15. The number of imidazole rings is 1. The summed E-state index contributed by atoms with van der Waals surface area (Å²) >= 11 is 0. The lowest BCUT2D eigenvalue weighted by molar-refractivity contribution is -0.143. The molecule has 212 valence electrons. The van der Waals surface area contributed by atoms with Gasteiger partial charge in [0.25, 0.3) is 0 Å². The molecule has 0 bridgehead atoms.